The predicted molar refractivity (Wildman–Crippen MR) is 151 cm³/mol. The van der Waals surface area contributed by atoms with Crippen molar-refractivity contribution in [3.63, 3.8) is 0 Å². The number of pyridine rings is 1. The van der Waals surface area contributed by atoms with Crippen molar-refractivity contribution in [1.82, 2.24) is 10.3 Å². The van der Waals surface area contributed by atoms with Crippen LogP contribution >= 0.6 is 23.4 Å². The maximum absolute atomic E-state index is 12.6. The average Bonchev–Trinajstić information content (AvgIpc) is 3.24. The van der Waals surface area contributed by atoms with Gasteiger partial charge in [-0.1, -0.05) is 54.1 Å². The van der Waals surface area contributed by atoms with Crippen LogP contribution in [0.1, 0.15) is 11.1 Å². The van der Waals surface area contributed by atoms with Crippen LogP contribution in [0.3, 0.4) is 0 Å². The number of aliphatic imine (C=N–C) groups is 1. The molecular weight excluding hydrogens is 506 g/mol. The minimum absolute atomic E-state index is 0.239. The summed E-state index contributed by atoms with van der Waals surface area (Å²) in [6.07, 6.45) is 4.00. The molecule has 1 saturated heterocycles. The third-order valence-corrected chi connectivity index (χ3v) is 6.94. The number of anilines is 1. The lowest BCUT2D eigenvalue weighted by atomic mass is 10.1. The minimum Gasteiger partial charge on any atom is -0.373 e. The summed E-state index contributed by atoms with van der Waals surface area (Å²) in [5.41, 5.74) is 9.50. The van der Waals surface area contributed by atoms with Gasteiger partial charge in [-0.25, -0.2) is 4.99 Å². The second kappa shape index (κ2) is 10.9. The van der Waals surface area contributed by atoms with Crippen LogP contribution in [-0.4, -0.2) is 28.0 Å². The standard InChI is InChI=1S/C28H22ClN5O2S/c29-21-10-9-20(32-24(26(30)35)14-17-5-2-1-3-6-17)16-23(21)33-28-34-27(36)25(37-28)15-18-8-11-22-19(13-18)7-4-12-31-22/h1-13,15-16,24,32H,14H2,(H2,30,35)(H,33,34,36)/t24-/m0/s1. The van der Waals surface area contributed by atoms with Crippen LogP contribution in [0.4, 0.5) is 11.4 Å². The summed E-state index contributed by atoms with van der Waals surface area (Å²) < 4.78 is 0. The Labute approximate surface area is 222 Å². The highest BCUT2D eigenvalue weighted by atomic mass is 35.5. The van der Waals surface area contributed by atoms with E-state index in [-0.39, 0.29) is 5.91 Å². The highest BCUT2D eigenvalue weighted by Gasteiger charge is 2.24. The molecule has 1 aromatic heterocycles. The van der Waals surface area contributed by atoms with E-state index in [2.05, 4.69) is 20.6 Å². The molecule has 5 rings (SSSR count). The first-order chi connectivity index (χ1) is 17.9. The number of carbonyl (C=O) groups excluding carboxylic acids is 2. The number of aromatic nitrogens is 1. The maximum atomic E-state index is 12.6. The molecule has 3 aromatic carbocycles. The Morgan fingerprint density at radius 1 is 1.11 bits per heavy atom. The Kier molecular flexibility index (Phi) is 7.20. The topological polar surface area (TPSA) is 109 Å². The second-order valence-corrected chi connectivity index (χ2v) is 9.83. The first-order valence-corrected chi connectivity index (χ1v) is 12.7. The van der Waals surface area contributed by atoms with Crippen molar-refractivity contribution < 1.29 is 9.59 Å². The summed E-state index contributed by atoms with van der Waals surface area (Å²) in [7, 11) is 0. The van der Waals surface area contributed by atoms with Crippen molar-refractivity contribution in [2.75, 3.05) is 5.32 Å². The molecule has 1 aliphatic rings. The normalized spacial score (nSPS) is 16.2. The maximum Gasteiger partial charge on any atom is 0.264 e. The zero-order chi connectivity index (χ0) is 25.8. The summed E-state index contributed by atoms with van der Waals surface area (Å²) in [5.74, 6) is -0.707. The Morgan fingerprint density at radius 2 is 1.95 bits per heavy atom. The summed E-state index contributed by atoms with van der Waals surface area (Å²) in [6.45, 7) is 0. The number of fused-ring (bicyclic) bond motifs is 1. The molecule has 4 aromatic rings. The van der Waals surface area contributed by atoms with Gasteiger partial charge >= 0.3 is 0 Å². The molecule has 0 radical (unpaired) electrons. The fourth-order valence-corrected chi connectivity index (χ4v) is 4.88. The number of hydrogen-bond acceptors (Lipinski definition) is 6. The monoisotopic (exact) mass is 527 g/mol. The predicted octanol–water partition coefficient (Wildman–Crippen LogP) is 5.29. The molecule has 37 heavy (non-hydrogen) atoms. The molecule has 0 aliphatic carbocycles. The molecule has 2 amide bonds. The SMILES string of the molecule is NC(=O)[C@H](Cc1ccccc1)Nc1ccc(Cl)c(N=C2NC(=O)C(=Cc3ccc4ncccc4c3)S2)c1. The number of amidine groups is 1. The van der Waals surface area contributed by atoms with Gasteiger partial charge in [-0.15, -0.1) is 0 Å². The second-order valence-electron chi connectivity index (χ2n) is 8.39. The molecule has 184 valence electrons. The van der Waals surface area contributed by atoms with E-state index < -0.39 is 11.9 Å². The van der Waals surface area contributed by atoms with Crippen LogP contribution in [0.15, 0.2) is 95.0 Å². The van der Waals surface area contributed by atoms with E-state index in [1.165, 1.54) is 11.8 Å². The number of primary amides is 1. The van der Waals surface area contributed by atoms with Crippen LogP contribution in [0.25, 0.3) is 17.0 Å². The number of thioether (sulfide) groups is 1. The Balaban J connectivity index is 1.34. The zero-order valence-electron chi connectivity index (χ0n) is 19.5. The number of nitrogens with one attached hydrogen (secondary N) is 2. The van der Waals surface area contributed by atoms with Gasteiger partial charge in [0, 0.05) is 23.7 Å². The fourth-order valence-electron chi connectivity index (χ4n) is 3.89. The average molecular weight is 528 g/mol. The molecular formula is C28H22ClN5O2S. The van der Waals surface area contributed by atoms with Gasteiger partial charge in [-0.05, 0) is 65.4 Å². The third kappa shape index (κ3) is 5.99. The lowest BCUT2D eigenvalue weighted by Gasteiger charge is -2.17. The number of carbonyl (C=O) groups is 2. The summed E-state index contributed by atoms with van der Waals surface area (Å²) in [6, 6.07) is 23.9. The lowest BCUT2D eigenvalue weighted by molar-refractivity contribution is -0.118. The van der Waals surface area contributed by atoms with Crippen LogP contribution in [-0.2, 0) is 16.0 Å². The highest BCUT2D eigenvalue weighted by Crippen LogP contribution is 2.33. The van der Waals surface area contributed by atoms with Crippen molar-refractivity contribution in [3.05, 3.63) is 106 Å². The van der Waals surface area contributed by atoms with Crippen molar-refractivity contribution in [2.24, 2.45) is 10.7 Å². The molecule has 0 spiro atoms. The first-order valence-electron chi connectivity index (χ1n) is 11.5. The van der Waals surface area contributed by atoms with Gasteiger partial charge in [0.1, 0.15) is 6.04 Å². The molecule has 4 N–H and O–H groups in total. The van der Waals surface area contributed by atoms with Crippen molar-refractivity contribution in [2.45, 2.75) is 12.5 Å². The third-order valence-electron chi connectivity index (χ3n) is 5.71. The quantitative estimate of drug-likeness (QED) is 0.283. The van der Waals surface area contributed by atoms with Gasteiger partial charge in [-0.2, -0.15) is 0 Å². The van der Waals surface area contributed by atoms with Gasteiger partial charge < -0.3 is 16.4 Å². The number of halogens is 1. The lowest BCUT2D eigenvalue weighted by Crippen LogP contribution is -2.37. The van der Waals surface area contributed by atoms with Crippen LogP contribution in [0, 0.1) is 0 Å². The molecule has 0 saturated carbocycles. The fraction of sp³-hybridized carbons (Fsp3) is 0.0714. The molecule has 7 nitrogen and oxygen atoms in total. The van der Waals surface area contributed by atoms with E-state index in [0.29, 0.717) is 32.9 Å². The number of nitrogens with zero attached hydrogens (tertiary/aromatic N) is 2. The smallest absolute Gasteiger partial charge is 0.264 e. The van der Waals surface area contributed by atoms with Crippen LogP contribution < -0.4 is 16.4 Å². The number of amides is 2. The Morgan fingerprint density at radius 3 is 2.76 bits per heavy atom. The molecule has 2 heterocycles. The van der Waals surface area contributed by atoms with E-state index in [1.807, 2.05) is 66.7 Å². The number of benzene rings is 3. The van der Waals surface area contributed by atoms with Crippen molar-refractivity contribution >= 4 is 68.7 Å². The Bertz CT molecular complexity index is 1560. The number of nitrogens with two attached hydrogens (primary N) is 1. The number of rotatable bonds is 7. The summed E-state index contributed by atoms with van der Waals surface area (Å²) in [5, 5.41) is 7.77. The van der Waals surface area contributed by atoms with Gasteiger partial charge in [-0.3, -0.25) is 14.6 Å². The van der Waals surface area contributed by atoms with Crippen molar-refractivity contribution in [1.29, 1.82) is 0 Å². The van der Waals surface area contributed by atoms with Gasteiger partial charge in [0.2, 0.25) is 5.91 Å². The van der Waals surface area contributed by atoms with Gasteiger partial charge in [0.05, 0.1) is 21.1 Å². The van der Waals surface area contributed by atoms with E-state index in [1.54, 1.807) is 24.4 Å². The van der Waals surface area contributed by atoms with E-state index in [0.717, 1.165) is 22.0 Å². The minimum atomic E-state index is -0.615. The van der Waals surface area contributed by atoms with Crippen molar-refractivity contribution in [3.8, 4) is 0 Å². The van der Waals surface area contributed by atoms with Crippen LogP contribution in [0.5, 0.6) is 0 Å². The molecule has 1 fully saturated rings. The largest absolute Gasteiger partial charge is 0.373 e. The summed E-state index contributed by atoms with van der Waals surface area (Å²) >= 11 is 7.62. The van der Waals surface area contributed by atoms with Crippen LogP contribution in [0.2, 0.25) is 5.02 Å². The van der Waals surface area contributed by atoms with Gasteiger partial charge in [0.15, 0.2) is 5.17 Å². The van der Waals surface area contributed by atoms with E-state index >= 15 is 0 Å². The zero-order valence-corrected chi connectivity index (χ0v) is 21.1. The van der Waals surface area contributed by atoms with Gasteiger partial charge in [0.25, 0.3) is 5.91 Å². The number of hydrogen-bond donors (Lipinski definition) is 3. The van der Waals surface area contributed by atoms with E-state index in [4.69, 9.17) is 17.3 Å². The molecule has 1 atom stereocenters. The first kappa shape index (κ1) is 24.5. The summed E-state index contributed by atoms with van der Waals surface area (Å²) in [4.78, 5) is 34.1. The molecule has 1 aliphatic heterocycles. The molecule has 9 heteroatoms. The van der Waals surface area contributed by atoms with E-state index in [9.17, 15) is 9.59 Å². The Hall–Kier alpha value is -4.14. The highest BCUT2D eigenvalue weighted by molar-refractivity contribution is 8.18. The molecule has 0 unspecified atom stereocenters. The molecule has 0 bridgehead atoms.